The number of rotatable bonds is 8. The number of halogens is 10. The van der Waals surface area contributed by atoms with Gasteiger partial charge in [0, 0.05) is 12.1 Å². The zero-order valence-corrected chi connectivity index (χ0v) is 23.0. The van der Waals surface area contributed by atoms with Gasteiger partial charge in [0.25, 0.3) is 0 Å². The van der Waals surface area contributed by atoms with E-state index in [9.17, 15) is 39.5 Å². The molecule has 2 saturated carbocycles. The van der Waals surface area contributed by atoms with E-state index in [2.05, 4.69) is 11.7 Å². The van der Waals surface area contributed by atoms with Gasteiger partial charge in [-0.1, -0.05) is 38.7 Å². The molecule has 2 aromatic carbocycles. The van der Waals surface area contributed by atoms with Crippen molar-refractivity contribution in [1.82, 2.24) is 0 Å². The topological polar surface area (TPSA) is 9.23 Å². The lowest BCUT2D eigenvalue weighted by molar-refractivity contribution is -0.187. The molecule has 4 rings (SSSR count). The highest BCUT2D eigenvalue weighted by Gasteiger charge is 2.41. The van der Waals surface area contributed by atoms with Gasteiger partial charge in [-0.05, 0) is 73.8 Å². The van der Waals surface area contributed by atoms with Gasteiger partial charge in [-0.15, -0.1) is 0 Å². The SMILES string of the molecule is CCCC1CCC(C2CCC(c3ccc(C(F)(F)Oc4cc(F)c(C(F)=CC(F)(F)F)c(F)c4)c(F)c3F)CC2)CC1. The van der Waals surface area contributed by atoms with Gasteiger partial charge in [0.15, 0.2) is 11.6 Å². The molecule has 1 nitrogen and oxygen atoms in total. The van der Waals surface area contributed by atoms with Crippen LogP contribution in [0, 0.1) is 41.0 Å². The van der Waals surface area contributed by atoms with E-state index in [-0.39, 0.29) is 23.6 Å². The third-order valence-electron chi connectivity index (χ3n) is 8.68. The standard InChI is InChI=1S/C31H32F10O/c1-2-3-17-4-6-18(7-5-17)19-8-10-20(11-9-19)22-12-13-23(29(36)28(22)35)31(40,41)42-21-14-24(32)27(25(33)15-21)26(34)16-30(37,38)39/h12-20H,2-11H2,1H3. The Bertz CT molecular complexity index is 1250. The van der Waals surface area contributed by atoms with E-state index in [1.165, 1.54) is 38.5 Å². The van der Waals surface area contributed by atoms with Gasteiger partial charge in [0.2, 0.25) is 0 Å². The van der Waals surface area contributed by atoms with Crippen LogP contribution >= 0.6 is 0 Å². The lowest BCUT2D eigenvalue weighted by Crippen LogP contribution is -2.26. The molecule has 2 fully saturated rings. The lowest BCUT2D eigenvalue weighted by Gasteiger charge is -2.38. The summed E-state index contributed by atoms with van der Waals surface area (Å²) in [5.74, 6) is -9.35. The van der Waals surface area contributed by atoms with Crippen LogP contribution in [0.3, 0.4) is 0 Å². The third-order valence-corrected chi connectivity index (χ3v) is 8.68. The molecule has 0 amide bonds. The van der Waals surface area contributed by atoms with Crippen molar-refractivity contribution in [1.29, 1.82) is 0 Å². The fraction of sp³-hybridized carbons (Fsp3) is 0.548. The Morgan fingerprint density at radius 1 is 0.810 bits per heavy atom. The third kappa shape index (κ3) is 7.43. The van der Waals surface area contributed by atoms with Crippen LogP contribution in [0.2, 0.25) is 0 Å². The molecule has 0 spiro atoms. The zero-order chi connectivity index (χ0) is 30.8. The van der Waals surface area contributed by atoms with E-state index in [0.717, 1.165) is 24.8 Å². The highest BCUT2D eigenvalue weighted by molar-refractivity contribution is 5.61. The van der Waals surface area contributed by atoms with Crippen molar-refractivity contribution < 1.29 is 48.6 Å². The first-order valence-corrected chi connectivity index (χ1v) is 14.2. The van der Waals surface area contributed by atoms with Gasteiger partial charge in [0.05, 0.1) is 11.6 Å². The quantitative estimate of drug-likeness (QED) is 0.270. The van der Waals surface area contributed by atoms with E-state index in [4.69, 9.17) is 0 Å². The van der Waals surface area contributed by atoms with E-state index in [0.29, 0.717) is 30.7 Å². The van der Waals surface area contributed by atoms with Gasteiger partial charge < -0.3 is 4.74 Å². The summed E-state index contributed by atoms with van der Waals surface area (Å²) < 4.78 is 143. The van der Waals surface area contributed by atoms with Crippen LogP contribution in [0.5, 0.6) is 5.75 Å². The second kappa shape index (κ2) is 12.9. The Labute approximate surface area is 237 Å². The minimum absolute atomic E-state index is 0.0213. The number of alkyl halides is 5. The fourth-order valence-electron chi connectivity index (χ4n) is 6.62. The van der Waals surface area contributed by atoms with Crippen molar-refractivity contribution in [2.75, 3.05) is 0 Å². The number of ether oxygens (including phenoxy) is 1. The first kappa shape index (κ1) is 32.2. The van der Waals surface area contributed by atoms with Gasteiger partial charge in [-0.3, -0.25) is 0 Å². The molecule has 0 heterocycles. The first-order chi connectivity index (χ1) is 19.7. The molecule has 0 N–H and O–H groups in total. The Hall–Kier alpha value is -2.72. The molecule has 0 saturated heterocycles. The predicted molar refractivity (Wildman–Crippen MR) is 137 cm³/mol. The van der Waals surface area contributed by atoms with Gasteiger partial charge in [-0.2, -0.15) is 22.0 Å². The van der Waals surface area contributed by atoms with Crippen LogP contribution < -0.4 is 4.74 Å². The largest absolute Gasteiger partial charge is 0.429 e. The molecule has 0 atom stereocenters. The summed E-state index contributed by atoms with van der Waals surface area (Å²) in [6.07, 6.45) is -0.840. The minimum Gasteiger partial charge on any atom is -0.429 e. The molecule has 2 aliphatic rings. The van der Waals surface area contributed by atoms with Gasteiger partial charge in [-0.25, -0.2) is 22.0 Å². The van der Waals surface area contributed by atoms with Crippen molar-refractivity contribution in [2.24, 2.45) is 17.8 Å². The van der Waals surface area contributed by atoms with Crippen molar-refractivity contribution in [3.8, 4) is 5.75 Å². The Morgan fingerprint density at radius 2 is 1.36 bits per heavy atom. The second-order valence-corrected chi connectivity index (χ2v) is 11.4. The zero-order valence-electron chi connectivity index (χ0n) is 23.0. The number of hydrogen-bond acceptors (Lipinski definition) is 1. The van der Waals surface area contributed by atoms with E-state index in [1.807, 2.05) is 0 Å². The minimum atomic E-state index is -5.24. The molecule has 2 aliphatic carbocycles. The average Bonchev–Trinajstić information content (AvgIpc) is 2.89. The summed E-state index contributed by atoms with van der Waals surface area (Å²) in [5.41, 5.74) is -3.32. The maximum absolute atomic E-state index is 15.1. The Morgan fingerprint density at radius 3 is 1.88 bits per heavy atom. The number of hydrogen-bond donors (Lipinski definition) is 0. The van der Waals surface area contributed by atoms with Gasteiger partial charge >= 0.3 is 12.3 Å². The maximum atomic E-state index is 15.1. The van der Waals surface area contributed by atoms with E-state index >= 15 is 4.39 Å². The van der Waals surface area contributed by atoms with Crippen LogP contribution in [0.4, 0.5) is 43.9 Å². The van der Waals surface area contributed by atoms with Crippen molar-refractivity contribution in [3.05, 3.63) is 70.3 Å². The van der Waals surface area contributed by atoms with Crippen molar-refractivity contribution >= 4 is 5.83 Å². The molecular weight excluding hydrogens is 578 g/mol. The molecule has 0 unspecified atom stereocenters. The monoisotopic (exact) mass is 610 g/mol. The van der Waals surface area contributed by atoms with E-state index in [1.54, 1.807) is 0 Å². The summed E-state index contributed by atoms with van der Waals surface area (Å²) in [5, 5.41) is 0. The van der Waals surface area contributed by atoms with Crippen LogP contribution in [0.1, 0.15) is 93.7 Å². The van der Waals surface area contributed by atoms with Crippen molar-refractivity contribution in [3.63, 3.8) is 0 Å². The van der Waals surface area contributed by atoms with Crippen LogP contribution in [-0.2, 0) is 6.11 Å². The fourth-order valence-corrected chi connectivity index (χ4v) is 6.62. The lowest BCUT2D eigenvalue weighted by atomic mass is 9.68. The molecule has 11 heteroatoms. The summed E-state index contributed by atoms with van der Waals surface area (Å²) in [7, 11) is 0. The van der Waals surface area contributed by atoms with Crippen molar-refractivity contribution in [2.45, 2.75) is 89.3 Å². The number of benzene rings is 2. The number of allylic oxidation sites excluding steroid dienone is 1. The Kier molecular flexibility index (Phi) is 9.87. The summed E-state index contributed by atoms with van der Waals surface area (Å²) >= 11 is 0. The normalized spacial score (nSPS) is 24.1. The van der Waals surface area contributed by atoms with Crippen LogP contribution in [0.15, 0.2) is 30.3 Å². The van der Waals surface area contributed by atoms with Crippen LogP contribution in [0.25, 0.3) is 5.83 Å². The summed E-state index contributed by atoms with van der Waals surface area (Å²) in [6, 6.07) is 1.73. The maximum Gasteiger partial charge on any atom is 0.429 e. The summed E-state index contributed by atoms with van der Waals surface area (Å²) in [6.45, 7) is 2.19. The molecule has 0 aromatic heterocycles. The smallest absolute Gasteiger partial charge is 0.429 e. The van der Waals surface area contributed by atoms with E-state index < -0.39 is 64.3 Å². The molecule has 0 aliphatic heterocycles. The average molecular weight is 611 g/mol. The highest BCUT2D eigenvalue weighted by Crippen LogP contribution is 2.46. The first-order valence-electron chi connectivity index (χ1n) is 14.2. The summed E-state index contributed by atoms with van der Waals surface area (Å²) in [4.78, 5) is 0. The molecule has 2 aromatic rings. The molecule has 0 radical (unpaired) electrons. The second-order valence-electron chi connectivity index (χ2n) is 11.4. The molecule has 232 valence electrons. The Balaban J connectivity index is 1.44. The molecule has 0 bridgehead atoms. The molecular formula is C31H32F10O. The van der Waals surface area contributed by atoms with Gasteiger partial charge in [0.1, 0.15) is 28.8 Å². The predicted octanol–water partition coefficient (Wildman–Crippen LogP) is 11.1. The molecule has 42 heavy (non-hydrogen) atoms. The van der Waals surface area contributed by atoms with Crippen LogP contribution in [-0.4, -0.2) is 6.18 Å². The highest BCUT2D eigenvalue weighted by atomic mass is 19.4.